The van der Waals surface area contributed by atoms with Crippen LogP contribution in [0.25, 0.3) is 0 Å². The van der Waals surface area contributed by atoms with Gasteiger partial charge in [-0.05, 0) is 50.4 Å². The summed E-state index contributed by atoms with van der Waals surface area (Å²) in [6.07, 6.45) is 7.01. The molecule has 0 bridgehead atoms. The third-order valence-corrected chi connectivity index (χ3v) is 5.77. The third-order valence-electron chi connectivity index (χ3n) is 4.50. The van der Waals surface area contributed by atoms with E-state index in [0.717, 1.165) is 19.3 Å². The van der Waals surface area contributed by atoms with Crippen molar-refractivity contribution in [3.05, 3.63) is 0 Å². The average Bonchev–Trinajstić information content (AvgIpc) is 2.98. The quantitative estimate of drug-likeness (QED) is 0.825. The lowest BCUT2D eigenvalue weighted by Crippen LogP contribution is -2.41. The minimum atomic E-state index is -3.01. The zero-order chi connectivity index (χ0) is 12.7. The van der Waals surface area contributed by atoms with Crippen molar-refractivity contribution in [3.63, 3.8) is 0 Å². The highest BCUT2D eigenvalue weighted by atomic mass is 32.2. The first-order chi connectivity index (χ1) is 7.83. The first-order valence-corrected chi connectivity index (χ1v) is 8.39. The van der Waals surface area contributed by atoms with Crippen LogP contribution in [0, 0.1) is 11.3 Å². The van der Waals surface area contributed by atoms with E-state index in [9.17, 15) is 8.42 Å². The monoisotopic (exact) mass is 260 g/mol. The van der Waals surface area contributed by atoms with Crippen LogP contribution in [0.5, 0.6) is 0 Å². The predicted octanol–water partition coefficient (Wildman–Crippen LogP) is 1.18. The highest BCUT2D eigenvalue weighted by Gasteiger charge is 2.47. The van der Waals surface area contributed by atoms with Gasteiger partial charge in [-0.3, -0.25) is 0 Å². The molecule has 2 rings (SSSR count). The summed E-state index contributed by atoms with van der Waals surface area (Å²) in [6, 6.07) is 0.246. The van der Waals surface area contributed by atoms with Crippen molar-refractivity contribution < 1.29 is 8.42 Å². The summed E-state index contributed by atoms with van der Waals surface area (Å²) in [4.78, 5) is 0. The molecule has 2 fully saturated rings. The Labute approximate surface area is 105 Å². The van der Waals surface area contributed by atoms with Gasteiger partial charge in [-0.25, -0.2) is 12.7 Å². The van der Waals surface area contributed by atoms with Crippen molar-refractivity contribution in [1.82, 2.24) is 4.31 Å². The van der Waals surface area contributed by atoms with Gasteiger partial charge in [0.25, 0.3) is 0 Å². The second-order valence-corrected chi connectivity index (χ2v) is 7.97. The number of hydrogen-bond donors (Lipinski definition) is 1. The third kappa shape index (κ3) is 3.01. The molecule has 0 spiro atoms. The highest BCUT2D eigenvalue weighted by molar-refractivity contribution is 7.88. The predicted molar refractivity (Wildman–Crippen MR) is 69.1 cm³/mol. The van der Waals surface area contributed by atoms with Crippen LogP contribution in [0.1, 0.15) is 39.0 Å². The van der Waals surface area contributed by atoms with Crippen LogP contribution in [0.3, 0.4) is 0 Å². The molecule has 0 radical (unpaired) electrons. The number of hydrogen-bond acceptors (Lipinski definition) is 3. The molecule has 5 heteroatoms. The van der Waals surface area contributed by atoms with Crippen LogP contribution in [-0.2, 0) is 10.0 Å². The Balaban J connectivity index is 1.95. The summed E-state index contributed by atoms with van der Waals surface area (Å²) < 4.78 is 24.7. The van der Waals surface area contributed by atoms with E-state index in [2.05, 4.69) is 6.92 Å². The van der Waals surface area contributed by atoms with Crippen molar-refractivity contribution in [2.45, 2.75) is 45.1 Å². The molecular formula is C12H24N2O2S. The smallest absolute Gasteiger partial charge is 0.211 e. The van der Waals surface area contributed by atoms with Gasteiger partial charge < -0.3 is 5.73 Å². The number of piperidine rings is 1. The fraction of sp³-hybridized carbons (Fsp3) is 1.00. The van der Waals surface area contributed by atoms with Crippen LogP contribution >= 0.6 is 0 Å². The summed E-state index contributed by atoms with van der Waals surface area (Å²) in [5, 5.41) is 0. The van der Waals surface area contributed by atoms with Crippen LogP contribution < -0.4 is 5.73 Å². The van der Waals surface area contributed by atoms with Gasteiger partial charge in [0.05, 0.1) is 6.26 Å². The Hall–Kier alpha value is -0.130. The highest BCUT2D eigenvalue weighted by Crippen LogP contribution is 2.53. The summed E-state index contributed by atoms with van der Waals surface area (Å²) in [5.41, 5.74) is 6.36. The molecule has 1 saturated carbocycles. The minimum absolute atomic E-state index is 0.246. The maximum absolute atomic E-state index is 11.5. The molecule has 2 N–H and O–H groups in total. The van der Waals surface area contributed by atoms with E-state index in [0.29, 0.717) is 24.4 Å². The number of nitrogens with two attached hydrogens (primary N) is 1. The van der Waals surface area contributed by atoms with Crippen LogP contribution in [0.15, 0.2) is 0 Å². The molecule has 4 nitrogen and oxygen atoms in total. The molecular weight excluding hydrogens is 236 g/mol. The fourth-order valence-electron chi connectivity index (χ4n) is 3.08. The number of sulfonamides is 1. The van der Waals surface area contributed by atoms with E-state index in [1.54, 1.807) is 4.31 Å². The molecule has 1 saturated heterocycles. The lowest BCUT2D eigenvalue weighted by molar-refractivity contribution is 0.211. The van der Waals surface area contributed by atoms with Gasteiger partial charge in [0, 0.05) is 19.1 Å². The van der Waals surface area contributed by atoms with E-state index >= 15 is 0 Å². The summed E-state index contributed by atoms with van der Waals surface area (Å²) in [7, 11) is -3.01. The maximum atomic E-state index is 11.5. The van der Waals surface area contributed by atoms with Gasteiger partial charge in [0.2, 0.25) is 10.0 Å². The van der Waals surface area contributed by atoms with Crippen LogP contribution in [0.2, 0.25) is 0 Å². The van der Waals surface area contributed by atoms with Crippen molar-refractivity contribution in [1.29, 1.82) is 0 Å². The average molecular weight is 260 g/mol. The lowest BCUT2D eigenvalue weighted by atomic mass is 9.83. The van der Waals surface area contributed by atoms with Gasteiger partial charge >= 0.3 is 0 Å². The van der Waals surface area contributed by atoms with Crippen molar-refractivity contribution in [2.75, 3.05) is 19.3 Å². The Kier molecular flexibility index (Phi) is 3.54. The van der Waals surface area contributed by atoms with E-state index < -0.39 is 10.0 Å². The molecule has 2 unspecified atom stereocenters. The maximum Gasteiger partial charge on any atom is 0.211 e. The zero-order valence-electron chi connectivity index (χ0n) is 10.9. The summed E-state index contributed by atoms with van der Waals surface area (Å²) >= 11 is 0. The van der Waals surface area contributed by atoms with E-state index in [1.807, 2.05) is 0 Å². The summed E-state index contributed by atoms with van der Waals surface area (Å²) in [5.74, 6) is 0.506. The number of nitrogens with zero attached hydrogens (tertiary/aromatic N) is 1. The van der Waals surface area contributed by atoms with Crippen LogP contribution in [-0.4, -0.2) is 38.1 Å². The van der Waals surface area contributed by atoms with Crippen LogP contribution in [0.4, 0.5) is 0 Å². The standard InChI is InChI=1S/C12H24N2O2S/c1-10(13)12(5-6-12)8-11-4-3-7-14(9-11)17(2,15)16/h10-11H,3-9,13H2,1-2H3. The van der Waals surface area contributed by atoms with Gasteiger partial charge in [-0.1, -0.05) is 0 Å². The Morgan fingerprint density at radius 3 is 2.59 bits per heavy atom. The SMILES string of the molecule is CC(N)C1(CC2CCCN(S(C)(=O)=O)C2)CC1. The zero-order valence-corrected chi connectivity index (χ0v) is 11.7. The minimum Gasteiger partial charge on any atom is -0.327 e. The normalized spacial score (nSPS) is 31.1. The topological polar surface area (TPSA) is 63.4 Å². The molecule has 0 amide bonds. The molecule has 0 aromatic heterocycles. The summed E-state index contributed by atoms with van der Waals surface area (Å²) in [6.45, 7) is 3.48. The van der Waals surface area contributed by atoms with Gasteiger partial charge in [0.1, 0.15) is 0 Å². The Bertz CT molecular complexity index is 374. The van der Waals surface area contributed by atoms with Crippen molar-refractivity contribution >= 4 is 10.0 Å². The molecule has 0 aromatic rings. The van der Waals surface area contributed by atoms with E-state index in [4.69, 9.17) is 5.73 Å². The Morgan fingerprint density at radius 2 is 2.12 bits per heavy atom. The second-order valence-electron chi connectivity index (χ2n) is 5.98. The molecule has 1 aliphatic carbocycles. The first kappa shape index (κ1) is 13.3. The molecule has 2 atom stereocenters. The molecule has 100 valence electrons. The molecule has 1 aliphatic heterocycles. The first-order valence-electron chi connectivity index (χ1n) is 6.54. The number of rotatable bonds is 4. The largest absolute Gasteiger partial charge is 0.327 e. The Morgan fingerprint density at radius 1 is 1.47 bits per heavy atom. The van der Waals surface area contributed by atoms with Gasteiger partial charge in [-0.2, -0.15) is 0 Å². The van der Waals surface area contributed by atoms with E-state index in [-0.39, 0.29) is 6.04 Å². The molecule has 17 heavy (non-hydrogen) atoms. The molecule has 1 heterocycles. The fourth-order valence-corrected chi connectivity index (χ4v) is 4.02. The second kappa shape index (κ2) is 4.52. The lowest BCUT2D eigenvalue weighted by Gasteiger charge is -2.34. The van der Waals surface area contributed by atoms with E-state index in [1.165, 1.54) is 19.1 Å². The molecule has 0 aromatic carbocycles. The van der Waals surface area contributed by atoms with Gasteiger partial charge in [-0.15, -0.1) is 0 Å². The van der Waals surface area contributed by atoms with Crippen molar-refractivity contribution in [3.8, 4) is 0 Å². The van der Waals surface area contributed by atoms with Crippen molar-refractivity contribution in [2.24, 2.45) is 17.1 Å². The van der Waals surface area contributed by atoms with Gasteiger partial charge in [0.15, 0.2) is 0 Å². The molecule has 2 aliphatic rings.